The summed E-state index contributed by atoms with van der Waals surface area (Å²) in [5, 5.41) is 16.4. The van der Waals surface area contributed by atoms with Gasteiger partial charge in [0, 0.05) is 30.4 Å². The molecule has 0 aliphatic carbocycles. The summed E-state index contributed by atoms with van der Waals surface area (Å²) in [6, 6.07) is 17.1. The lowest BCUT2D eigenvalue weighted by atomic mass is 10.1. The number of thioether (sulfide) groups is 2. The molecule has 18 nitrogen and oxygen atoms in total. The molecule has 2 aromatic carbocycles. The second-order valence-corrected chi connectivity index (χ2v) is 15.8. The van der Waals surface area contributed by atoms with E-state index in [2.05, 4.69) is 43.8 Å². The van der Waals surface area contributed by atoms with Gasteiger partial charge in [0.05, 0.1) is 50.9 Å². The first-order valence-electron chi connectivity index (χ1n) is 20.6. The number of ketones is 2. The Kier molecular flexibility index (Phi) is 30.0. The van der Waals surface area contributed by atoms with Crippen LogP contribution in [0.5, 0.6) is 0 Å². The van der Waals surface area contributed by atoms with Gasteiger partial charge >= 0.3 is 0 Å². The molecule has 0 heterocycles. The molecule has 0 spiro atoms. The van der Waals surface area contributed by atoms with Crippen LogP contribution in [-0.2, 0) is 43.2 Å². The number of unbranched alkanes of at least 4 members (excludes halogenated alkanes) is 4. The number of nitrogens with one attached hydrogen (secondary N) is 7. The molecule has 0 saturated heterocycles. The average Bonchev–Trinajstić information content (AvgIpc) is 3.29. The normalized spacial score (nSPS) is 10.1. The highest BCUT2D eigenvalue weighted by atomic mass is 32.2. The zero-order valence-electron chi connectivity index (χ0n) is 36.3. The van der Waals surface area contributed by atoms with E-state index in [4.69, 9.17) is 0 Å². The average molecular weight is 926 g/mol. The Bertz CT molecular complexity index is 1900. The van der Waals surface area contributed by atoms with E-state index < -0.39 is 35.4 Å². The van der Waals surface area contributed by atoms with Crippen LogP contribution in [0.1, 0.15) is 92.4 Å². The van der Waals surface area contributed by atoms with Crippen molar-refractivity contribution in [1.82, 2.24) is 37.2 Å². The van der Waals surface area contributed by atoms with Crippen LogP contribution in [0.15, 0.2) is 72.8 Å². The Morgan fingerprint density at radius 2 is 0.844 bits per heavy atom. The number of hydrogen-bond donors (Lipinski definition) is 7. The molecule has 0 bridgehead atoms. The maximum Gasteiger partial charge on any atom is 0.240 e. The summed E-state index contributed by atoms with van der Waals surface area (Å²) in [6.07, 6.45) is 5.99. The monoisotopic (exact) mass is 925 g/mol. The fraction of sp³-hybridized carbons (Fsp3) is 0.432. The van der Waals surface area contributed by atoms with Gasteiger partial charge in [-0.05, 0) is 31.8 Å². The van der Waals surface area contributed by atoms with Crippen LogP contribution in [0.3, 0.4) is 0 Å². The fourth-order valence-corrected chi connectivity index (χ4v) is 6.13. The van der Waals surface area contributed by atoms with Crippen molar-refractivity contribution >= 4 is 86.7 Å². The van der Waals surface area contributed by atoms with Crippen LogP contribution in [0.25, 0.3) is 0 Å². The Morgan fingerprint density at radius 1 is 0.453 bits per heavy atom. The van der Waals surface area contributed by atoms with Gasteiger partial charge in [0.15, 0.2) is 11.6 Å². The van der Waals surface area contributed by atoms with Crippen molar-refractivity contribution in [3.63, 3.8) is 0 Å². The number of Topliss-reactive ketones (excluding diaryl/α,β-unsaturated/α-hetero) is 2. The first-order chi connectivity index (χ1) is 30.6. The molecule has 7 N–H and O–H groups in total. The molecule has 0 saturated carbocycles. The second kappa shape index (κ2) is 34.3. The van der Waals surface area contributed by atoms with Gasteiger partial charge in [0.25, 0.3) is 0 Å². The maximum absolute atomic E-state index is 11.9. The molecule has 2 rings (SSSR count). The Balaban J connectivity index is 0.000000645. The van der Waals surface area contributed by atoms with Crippen LogP contribution in [0.2, 0.25) is 0 Å². The topological polar surface area (TPSA) is 272 Å². The van der Waals surface area contributed by atoms with Crippen LogP contribution < -0.4 is 37.2 Å². The minimum absolute atomic E-state index is 0.0108. The van der Waals surface area contributed by atoms with Crippen LogP contribution in [0, 0.1) is 0 Å². The molecule has 0 atom stereocenters. The molecular formula is C44H59N7O11S2. The van der Waals surface area contributed by atoms with E-state index in [1.165, 1.54) is 0 Å². The van der Waals surface area contributed by atoms with Crippen molar-refractivity contribution in [3.8, 4) is 0 Å². The Morgan fingerprint density at radius 3 is 1.30 bits per heavy atom. The van der Waals surface area contributed by atoms with Gasteiger partial charge < -0.3 is 37.2 Å². The second-order valence-electron chi connectivity index (χ2n) is 13.9. The standard InChI is InChI=1S/C24H31N3O6S.C20H28N4O5S/c1-17(2)20(29)12-8-4-7-11-19(28)13-25-21(30)14-26-22(31)15-27-23(32)16-34-24(33)18-9-5-3-6-10-18;1-2-3-5-10-16(25)23-14-24-18(27)12-21-17(26)11-22-19(28)13-30-20(29)15-8-6-4-7-9-15/h3,5-6,9-10H,1,4,7-8,11-16H2,2H3,(H,25,30)(H,26,31)(H,27,32);4,6-9H,2-3,5,10-14H2,1H3,(H,21,26)(H,22,28)(H,23,25)(H,24,27). The van der Waals surface area contributed by atoms with E-state index in [-0.39, 0.29) is 78.6 Å². The molecule has 0 unspecified atom stereocenters. The van der Waals surface area contributed by atoms with Crippen LogP contribution in [0.4, 0.5) is 0 Å². The van der Waals surface area contributed by atoms with E-state index in [0.29, 0.717) is 48.8 Å². The number of amides is 7. The summed E-state index contributed by atoms with van der Waals surface area (Å²) in [5.41, 5.74) is 1.51. The SMILES string of the molecule is C=C(C)C(=O)CCCCCC(=O)CNC(=O)CNC(=O)CNC(=O)CSC(=O)c1ccccc1.CCCCCC(=O)NCNC(=O)CNC(=O)CNC(=O)CSC(=O)c1ccccc1. The number of allylic oxidation sites excluding steroid dienone is 1. The van der Waals surface area contributed by atoms with Gasteiger partial charge in [-0.15, -0.1) is 0 Å². The minimum atomic E-state index is -0.571. The summed E-state index contributed by atoms with van der Waals surface area (Å²) in [7, 11) is 0. The summed E-state index contributed by atoms with van der Waals surface area (Å²) < 4.78 is 0. The Hall–Kier alpha value is -6.15. The first kappa shape index (κ1) is 55.9. The zero-order valence-corrected chi connectivity index (χ0v) is 37.9. The number of rotatable bonds is 29. The molecule has 348 valence electrons. The van der Waals surface area contributed by atoms with Crippen LogP contribution >= 0.6 is 23.5 Å². The maximum atomic E-state index is 11.9. The lowest BCUT2D eigenvalue weighted by Gasteiger charge is -2.09. The molecule has 64 heavy (non-hydrogen) atoms. The van der Waals surface area contributed by atoms with Gasteiger partial charge in [0.1, 0.15) is 0 Å². The molecule has 0 aliphatic heterocycles. The molecule has 2 aromatic rings. The lowest BCUT2D eigenvalue weighted by Crippen LogP contribution is -2.44. The minimum Gasteiger partial charge on any atom is -0.347 e. The highest BCUT2D eigenvalue weighted by molar-refractivity contribution is 8.14. The predicted octanol–water partition coefficient (Wildman–Crippen LogP) is 2.14. The predicted molar refractivity (Wildman–Crippen MR) is 245 cm³/mol. The molecular weight excluding hydrogens is 867 g/mol. The van der Waals surface area contributed by atoms with Crippen molar-refractivity contribution in [3.05, 3.63) is 83.9 Å². The summed E-state index contributed by atoms with van der Waals surface area (Å²) >= 11 is 1.67. The van der Waals surface area contributed by atoms with Gasteiger partial charge in [-0.2, -0.15) is 0 Å². The van der Waals surface area contributed by atoms with E-state index in [9.17, 15) is 52.7 Å². The van der Waals surface area contributed by atoms with Crippen molar-refractivity contribution < 1.29 is 52.7 Å². The molecule has 7 amide bonds. The number of benzene rings is 2. The Labute approximate surface area is 381 Å². The third-order valence-corrected chi connectivity index (χ3v) is 10.2. The lowest BCUT2D eigenvalue weighted by molar-refractivity contribution is -0.128. The zero-order chi connectivity index (χ0) is 47.5. The van der Waals surface area contributed by atoms with Crippen molar-refractivity contribution in [1.29, 1.82) is 0 Å². The van der Waals surface area contributed by atoms with E-state index in [1.807, 2.05) is 6.92 Å². The largest absolute Gasteiger partial charge is 0.347 e. The quantitative estimate of drug-likeness (QED) is 0.0351. The number of carbonyl (C=O) groups is 11. The molecule has 0 aliphatic rings. The fourth-order valence-electron chi connectivity index (χ4n) is 4.79. The summed E-state index contributed by atoms with van der Waals surface area (Å²) in [4.78, 5) is 129. The highest BCUT2D eigenvalue weighted by Gasteiger charge is 2.14. The third-order valence-electron chi connectivity index (χ3n) is 8.37. The van der Waals surface area contributed by atoms with E-state index in [0.717, 1.165) is 49.2 Å². The van der Waals surface area contributed by atoms with Gasteiger partial charge in [0.2, 0.25) is 51.6 Å². The molecule has 20 heteroatoms. The van der Waals surface area contributed by atoms with Crippen LogP contribution in [-0.4, -0.2) is 114 Å². The van der Waals surface area contributed by atoms with E-state index >= 15 is 0 Å². The third kappa shape index (κ3) is 29.2. The number of hydrogen-bond acceptors (Lipinski definition) is 13. The van der Waals surface area contributed by atoms with Crippen molar-refractivity contribution in [2.75, 3.05) is 50.9 Å². The molecule has 0 fully saturated rings. The smallest absolute Gasteiger partial charge is 0.240 e. The molecule has 0 aromatic heterocycles. The van der Waals surface area contributed by atoms with E-state index in [1.54, 1.807) is 67.6 Å². The van der Waals surface area contributed by atoms with Gasteiger partial charge in [-0.3, -0.25) is 52.7 Å². The first-order valence-corrected chi connectivity index (χ1v) is 22.6. The van der Waals surface area contributed by atoms with Crippen molar-refractivity contribution in [2.45, 2.75) is 71.6 Å². The van der Waals surface area contributed by atoms with Gasteiger partial charge in [-0.25, -0.2) is 0 Å². The van der Waals surface area contributed by atoms with Gasteiger partial charge in [-0.1, -0.05) is 117 Å². The summed E-state index contributed by atoms with van der Waals surface area (Å²) in [6.45, 7) is 5.92. The number of carbonyl (C=O) groups excluding carboxylic acids is 11. The summed E-state index contributed by atoms with van der Waals surface area (Å²) in [5.74, 6) is -3.54. The highest BCUT2D eigenvalue weighted by Crippen LogP contribution is 2.13. The van der Waals surface area contributed by atoms with Crippen molar-refractivity contribution in [2.24, 2.45) is 0 Å². The molecule has 0 radical (unpaired) electrons.